The number of aromatic nitrogens is 1. The van der Waals surface area contributed by atoms with Crippen LogP contribution in [0.25, 0.3) is 0 Å². The lowest BCUT2D eigenvalue weighted by Gasteiger charge is -2.22. The monoisotopic (exact) mass is 285 g/mol. The summed E-state index contributed by atoms with van der Waals surface area (Å²) >= 11 is 3.39. The predicted octanol–water partition coefficient (Wildman–Crippen LogP) is 2.67. The lowest BCUT2D eigenvalue weighted by Crippen LogP contribution is -2.35. The first-order valence-corrected chi connectivity index (χ1v) is 6.52. The minimum atomic E-state index is 0.539. The Bertz CT molecular complexity index is 298. The molecule has 1 aromatic rings. The SMILES string of the molecule is CCN(CCNC(C)C)c1ccc(Br)cn1. The molecule has 0 saturated heterocycles. The molecule has 0 atom stereocenters. The summed E-state index contributed by atoms with van der Waals surface area (Å²) in [6, 6.07) is 4.61. The van der Waals surface area contributed by atoms with Gasteiger partial charge in [-0.2, -0.15) is 0 Å². The summed E-state index contributed by atoms with van der Waals surface area (Å²) in [4.78, 5) is 6.66. The van der Waals surface area contributed by atoms with Gasteiger partial charge in [-0.25, -0.2) is 4.98 Å². The van der Waals surface area contributed by atoms with Gasteiger partial charge in [-0.15, -0.1) is 0 Å². The summed E-state index contributed by atoms with van der Waals surface area (Å²) in [6.45, 7) is 9.43. The van der Waals surface area contributed by atoms with Gasteiger partial charge in [-0.1, -0.05) is 13.8 Å². The Morgan fingerprint density at radius 2 is 2.19 bits per heavy atom. The van der Waals surface area contributed by atoms with Gasteiger partial charge in [0, 0.05) is 36.3 Å². The molecule has 16 heavy (non-hydrogen) atoms. The third-order valence-electron chi connectivity index (χ3n) is 2.35. The minimum absolute atomic E-state index is 0.539. The fourth-order valence-corrected chi connectivity index (χ4v) is 1.71. The maximum absolute atomic E-state index is 4.40. The van der Waals surface area contributed by atoms with Crippen LogP contribution in [0.2, 0.25) is 0 Å². The maximum atomic E-state index is 4.40. The van der Waals surface area contributed by atoms with Crippen molar-refractivity contribution in [2.75, 3.05) is 24.5 Å². The number of hydrogen-bond acceptors (Lipinski definition) is 3. The van der Waals surface area contributed by atoms with Gasteiger partial charge in [-0.05, 0) is 35.0 Å². The Balaban J connectivity index is 2.50. The molecule has 0 radical (unpaired) electrons. The molecule has 1 aromatic heterocycles. The van der Waals surface area contributed by atoms with Gasteiger partial charge in [-0.3, -0.25) is 0 Å². The lowest BCUT2D eigenvalue weighted by atomic mass is 10.3. The predicted molar refractivity (Wildman–Crippen MR) is 73.0 cm³/mol. The molecule has 1 heterocycles. The molecule has 0 bridgehead atoms. The molecule has 4 heteroatoms. The molecule has 90 valence electrons. The summed E-state index contributed by atoms with van der Waals surface area (Å²) in [6.07, 6.45) is 1.84. The van der Waals surface area contributed by atoms with E-state index in [1.807, 2.05) is 18.3 Å². The Morgan fingerprint density at radius 3 is 2.69 bits per heavy atom. The number of pyridine rings is 1. The first kappa shape index (κ1) is 13.5. The van der Waals surface area contributed by atoms with E-state index in [1.54, 1.807) is 0 Å². The molecule has 0 aliphatic heterocycles. The zero-order valence-electron chi connectivity index (χ0n) is 10.2. The zero-order chi connectivity index (χ0) is 12.0. The number of nitrogens with one attached hydrogen (secondary N) is 1. The Morgan fingerprint density at radius 1 is 1.44 bits per heavy atom. The summed E-state index contributed by atoms with van der Waals surface area (Å²) in [5, 5.41) is 3.41. The molecule has 0 amide bonds. The van der Waals surface area contributed by atoms with Gasteiger partial charge in [0.1, 0.15) is 5.82 Å². The largest absolute Gasteiger partial charge is 0.356 e. The average Bonchev–Trinajstić information content (AvgIpc) is 2.26. The summed E-state index contributed by atoms with van der Waals surface area (Å²) in [5.74, 6) is 1.04. The van der Waals surface area contributed by atoms with Gasteiger partial charge in [0.05, 0.1) is 0 Å². The smallest absolute Gasteiger partial charge is 0.128 e. The third kappa shape index (κ3) is 4.49. The molecule has 3 nitrogen and oxygen atoms in total. The molecular weight excluding hydrogens is 266 g/mol. The fourth-order valence-electron chi connectivity index (χ4n) is 1.48. The molecule has 1 N–H and O–H groups in total. The fraction of sp³-hybridized carbons (Fsp3) is 0.583. The highest BCUT2D eigenvalue weighted by molar-refractivity contribution is 9.10. The van der Waals surface area contributed by atoms with Gasteiger partial charge in [0.2, 0.25) is 0 Å². The number of hydrogen-bond donors (Lipinski definition) is 1. The van der Waals surface area contributed by atoms with Crippen LogP contribution >= 0.6 is 15.9 Å². The van der Waals surface area contributed by atoms with Crippen LogP contribution in [-0.2, 0) is 0 Å². The van der Waals surface area contributed by atoms with E-state index in [4.69, 9.17) is 0 Å². The number of rotatable bonds is 6. The van der Waals surface area contributed by atoms with E-state index in [-0.39, 0.29) is 0 Å². The maximum Gasteiger partial charge on any atom is 0.128 e. The van der Waals surface area contributed by atoms with Crippen LogP contribution in [0.5, 0.6) is 0 Å². The average molecular weight is 286 g/mol. The molecule has 0 unspecified atom stereocenters. The molecular formula is C12H20BrN3. The molecule has 0 spiro atoms. The molecule has 0 aliphatic carbocycles. The van der Waals surface area contributed by atoms with Crippen molar-refractivity contribution in [3.05, 3.63) is 22.8 Å². The third-order valence-corrected chi connectivity index (χ3v) is 2.82. The van der Waals surface area contributed by atoms with Crippen molar-refractivity contribution in [3.8, 4) is 0 Å². The van der Waals surface area contributed by atoms with Gasteiger partial charge in [0.25, 0.3) is 0 Å². The van der Waals surface area contributed by atoms with E-state index in [9.17, 15) is 0 Å². The number of anilines is 1. The Labute approximate surface area is 106 Å². The molecule has 0 fully saturated rings. The van der Waals surface area contributed by atoms with Crippen LogP contribution in [-0.4, -0.2) is 30.7 Å². The molecule has 1 rings (SSSR count). The van der Waals surface area contributed by atoms with Gasteiger partial charge in [0.15, 0.2) is 0 Å². The Kier molecular flexibility index (Phi) is 5.77. The highest BCUT2D eigenvalue weighted by Gasteiger charge is 2.05. The summed E-state index contributed by atoms with van der Waals surface area (Å²) in [7, 11) is 0. The quantitative estimate of drug-likeness (QED) is 0.871. The second-order valence-electron chi connectivity index (χ2n) is 4.02. The van der Waals surface area contributed by atoms with Crippen molar-refractivity contribution in [1.82, 2.24) is 10.3 Å². The van der Waals surface area contributed by atoms with Gasteiger partial charge < -0.3 is 10.2 Å². The van der Waals surface area contributed by atoms with Crippen LogP contribution in [0, 0.1) is 0 Å². The van der Waals surface area contributed by atoms with Crippen LogP contribution in [0.4, 0.5) is 5.82 Å². The van der Waals surface area contributed by atoms with Crippen LogP contribution in [0.3, 0.4) is 0 Å². The topological polar surface area (TPSA) is 28.2 Å². The van der Waals surface area contributed by atoms with E-state index < -0.39 is 0 Å². The summed E-state index contributed by atoms with van der Waals surface area (Å²) in [5.41, 5.74) is 0. The van der Waals surface area contributed by atoms with Gasteiger partial charge >= 0.3 is 0 Å². The van der Waals surface area contributed by atoms with E-state index >= 15 is 0 Å². The van der Waals surface area contributed by atoms with Crippen molar-refractivity contribution in [3.63, 3.8) is 0 Å². The number of halogens is 1. The van der Waals surface area contributed by atoms with E-state index in [0.717, 1.165) is 29.9 Å². The highest BCUT2D eigenvalue weighted by Crippen LogP contribution is 2.14. The van der Waals surface area contributed by atoms with Crippen molar-refractivity contribution in [2.45, 2.75) is 26.8 Å². The Hall–Kier alpha value is -0.610. The first-order chi connectivity index (χ1) is 7.63. The standard InChI is InChI=1S/C12H20BrN3/c1-4-16(8-7-14-10(2)3)12-6-5-11(13)9-15-12/h5-6,9-10,14H,4,7-8H2,1-3H3. The lowest BCUT2D eigenvalue weighted by molar-refractivity contribution is 0.582. The zero-order valence-corrected chi connectivity index (χ0v) is 11.8. The van der Waals surface area contributed by atoms with E-state index in [0.29, 0.717) is 6.04 Å². The minimum Gasteiger partial charge on any atom is -0.356 e. The van der Waals surface area contributed by atoms with Crippen molar-refractivity contribution in [1.29, 1.82) is 0 Å². The van der Waals surface area contributed by atoms with Crippen LogP contribution in [0.15, 0.2) is 22.8 Å². The van der Waals surface area contributed by atoms with Crippen molar-refractivity contribution < 1.29 is 0 Å². The highest BCUT2D eigenvalue weighted by atomic mass is 79.9. The van der Waals surface area contributed by atoms with Crippen molar-refractivity contribution in [2.24, 2.45) is 0 Å². The summed E-state index contributed by atoms with van der Waals surface area (Å²) < 4.78 is 1.02. The molecule has 0 aromatic carbocycles. The first-order valence-electron chi connectivity index (χ1n) is 5.73. The second kappa shape index (κ2) is 6.86. The van der Waals surface area contributed by atoms with Crippen LogP contribution < -0.4 is 10.2 Å². The molecule has 0 aliphatic rings. The van der Waals surface area contributed by atoms with Crippen LogP contribution in [0.1, 0.15) is 20.8 Å². The number of likely N-dealkylation sites (N-methyl/N-ethyl adjacent to an activating group) is 1. The number of nitrogens with zero attached hydrogens (tertiary/aromatic N) is 2. The second-order valence-corrected chi connectivity index (χ2v) is 4.94. The van der Waals surface area contributed by atoms with E-state index in [1.165, 1.54) is 0 Å². The molecule has 0 saturated carbocycles. The van der Waals surface area contributed by atoms with Crippen molar-refractivity contribution >= 4 is 21.7 Å². The normalized spacial score (nSPS) is 10.8. The van der Waals surface area contributed by atoms with E-state index in [2.05, 4.69) is 51.9 Å².